The molecule has 20 heavy (non-hydrogen) atoms. The number of methoxy groups -OCH3 is 2. The van der Waals surface area contributed by atoms with Crippen molar-refractivity contribution in [1.29, 1.82) is 0 Å². The summed E-state index contributed by atoms with van der Waals surface area (Å²) in [5.74, 6) is 1.11. The second-order valence-electron chi connectivity index (χ2n) is 4.94. The van der Waals surface area contributed by atoms with Gasteiger partial charge < -0.3 is 14.2 Å². The van der Waals surface area contributed by atoms with Gasteiger partial charge in [-0.3, -0.25) is 0 Å². The van der Waals surface area contributed by atoms with Gasteiger partial charge in [0.15, 0.2) is 0 Å². The fraction of sp³-hybridized carbons (Fsp3) is 0.562. The lowest BCUT2D eigenvalue weighted by Gasteiger charge is -2.17. The maximum absolute atomic E-state index is 11.8. The number of hydrogen-bond acceptors (Lipinski definition) is 4. The minimum atomic E-state index is -0.399. The number of hydrogen-bond donors (Lipinski definition) is 0. The highest BCUT2D eigenvalue weighted by Gasteiger charge is 2.19. The minimum absolute atomic E-state index is 0.251. The van der Waals surface area contributed by atoms with E-state index in [9.17, 15) is 4.79 Å². The first-order valence-electron chi connectivity index (χ1n) is 6.98. The molecule has 4 nitrogen and oxygen atoms in total. The van der Waals surface area contributed by atoms with Gasteiger partial charge in [-0.2, -0.15) is 0 Å². The average molecular weight is 280 g/mol. The Hall–Kier alpha value is -1.71. The smallest absolute Gasteiger partial charge is 0.341 e. The lowest BCUT2D eigenvalue weighted by atomic mass is 9.98. The molecule has 4 heteroatoms. The van der Waals surface area contributed by atoms with Crippen molar-refractivity contribution in [2.45, 2.75) is 39.5 Å². The molecule has 0 bridgehead atoms. The van der Waals surface area contributed by atoms with E-state index in [0.717, 1.165) is 24.2 Å². The van der Waals surface area contributed by atoms with Gasteiger partial charge in [0.2, 0.25) is 0 Å². The van der Waals surface area contributed by atoms with Crippen LogP contribution in [0.1, 0.15) is 55.5 Å². The Morgan fingerprint density at radius 3 is 2.40 bits per heavy atom. The molecule has 112 valence electrons. The maximum Gasteiger partial charge on any atom is 0.341 e. The van der Waals surface area contributed by atoms with Gasteiger partial charge in [-0.05, 0) is 24.0 Å². The molecule has 1 aromatic rings. The standard InChI is InChI=1S/C16H24O4/c1-6-7-8-20-15-10-14(18-4)13(16(17)19-5)9-12(15)11(2)3/h9-11H,6-8H2,1-5H3. The van der Waals surface area contributed by atoms with E-state index in [2.05, 4.69) is 20.8 Å². The third kappa shape index (κ3) is 3.89. The van der Waals surface area contributed by atoms with Crippen LogP contribution in [-0.2, 0) is 4.74 Å². The van der Waals surface area contributed by atoms with Crippen molar-refractivity contribution in [3.05, 3.63) is 23.3 Å². The Labute approximate surface area is 121 Å². The van der Waals surface area contributed by atoms with E-state index < -0.39 is 5.97 Å². The molecule has 0 aliphatic heterocycles. The SMILES string of the molecule is CCCCOc1cc(OC)c(C(=O)OC)cc1C(C)C. The predicted molar refractivity (Wildman–Crippen MR) is 78.8 cm³/mol. The fourth-order valence-electron chi connectivity index (χ4n) is 1.92. The molecule has 0 unspecified atom stereocenters. The third-order valence-corrected chi connectivity index (χ3v) is 3.11. The zero-order chi connectivity index (χ0) is 15.1. The van der Waals surface area contributed by atoms with Crippen molar-refractivity contribution >= 4 is 5.97 Å². The normalized spacial score (nSPS) is 10.5. The van der Waals surface area contributed by atoms with Gasteiger partial charge in [0, 0.05) is 6.07 Å². The Bertz CT molecular complexity index is 452. The second kappa shape index (κ2) is 7.78. The Morgan fingerprint density at radius 1 is 1.20 bits per heavy atom. The number of esters is 1. The summed E-state index contributed by atoms with van der Waals surface area (Å²) in [6.07, 6.45) is 2.08. The molecule has 0 aliphatic rings. The number of unbranched alkanes of at least 4 members (excludes halogenated alkanes) is 1. The summed E-state index contributed by atoms with van der Waals surface area (Å²) in [6, 6.07) is 3.58. The summed E-state index contributed by atoms with van der Waals surface area (Å²) in [6.45, 7) is 6.91. The summed E-state index contributed by atoms with van der Waals surface area (Å²) >= 11 is 0. The summed E-state index contributed by atoms with van der Waals surface area (Å²) in [4.78, 5) is 11.8. The van der Waals surface area contributed by atoms with Crippen LogP contribution in [0.3, 0.4) is 0 Å². The molecular formula is C16H24O4. The van der Waals surface area contributed by atoms with E-state index in [1.54, 1.807) is 12.1 Å². The Morgan fingerprint density at radius 2 is 1.90 bits per heavy atom. The molecule has 0 amide bonds. The number of carbonyl (C=O) groups excluding carboxylic acids is 1. The van der Waals surface area contributed by atoms with Gasteiger partial charge in [0.05, 0.1) is 20.8 Å². The quantitative estimate of drug-likeness (QED) is 0.563. The van der Waals surface area contributed by atoms with Gasteiger partial charge in [-0.1, -0.05) is 27.2 Å². The number of rotatable bonds is 7. The largest absolute Gasteiger partial charge is 0.496 e. The van der Waals surface area contributed by atoms with E-state index in [-0.39, 0.29) is 5.92 Å². The van der Waals surface area contributed by atoms with E-state index in [1.807, 2.05) is 0 Å². The topological polar surface area (TPSA) is 44.8 Å². The van der Waals surface area contributed by atoms with E-state index in [0.29, 0.717) is 17.9 Å². The highest BCUT2D eigenvalue weighted by molar-refractivity contribution is 5.93. The highest BCUT2D eigenvalue weighted by Crippen LogP contribution is 2.34. The van der Waals surface area contributed by atoms with Crippen molar-refractivity contribution in [2.75, 3.05) is 20.8 Å². The summed E-state index contributed by atoms with van der Waals surface area (Å²) in [7, 11) is 2.90. The monoisotopic (exact) mass is 280 g/mol. The third-order valence-electron chi connectivity index (χ3n) is 3.11. The molecule has 0 N–H and O–H groups in total. The molecule has 0 saturated carbocycles. The molecule has 0 heterocycles. The summed E-state index contributed by atoms with van der Waals surface area (Å²) < 4.78 is 15.9. The number of benzene rings is 1. The number of ether oxygens (including phenoxy) is 3. The van der Waals surface area contributed by atoms with Crippen molar-refractivity contribution in [3.63, 3.8) is 0 Å². The van der Waals surface area contributed by atoms with Gasteiger partial charge >= 0.3 is 5.97 Å². The Kier molecular flexibility index (Phi) is 6.36. The van der Waals surface area contributed by atoms with Crippen molar-refractivity contribution in [2.24, 2.45) is 0 Å². The lowest BCUT2D eigenvalue weighted by Crippen LogP contribution is -2.08. The van der Waals surface area contributed by atoms with Crippen LogP contribution in [0.15, 0.2) is 12.1 Å². The molecule has 0 spiro atoms. The molecule has 0 fully saturated rings. The van der Waals surface area contributed by atoms with Crippen LogP contribution in [0.5, 0.6) is 11.5 Å². The minimum Gasteiger partial charge on any atom is -0.496 e. The van der Waals surface area contributed by atoms with Crippen LogP contribution in [-0.4, -0.2) is 26.8 Å². The average Bonchev–Trinajstić information content (AvgIpc) is 2.45. The van der Waals surface area contributed by atoms with E-state index in [4.69, 9.17) is 14.2 Å². The first kappa shape index (κ1) is 16.3. The van der Waals surface area contributed by atoms with Crippen molar-refractivity contribution in [1.82, 2.24) is 0 Å². The van der Waals surface area contributed by atoms with Crippen molar-refractivity contribution < 1.29 is 19.0 Å². The predicted octanol–water partition coefficient (Wildman–Crippen LogP) is 3.78. The summed E-state index contributed by atoms with van der Waals surface area (Å²) in [5, 5.41) is 0. The zero-order valence-electron chi connectivity index (χ0n) is 13.0. The molecule has 1 aromatic carbocycles. The fourth-order valence-corrected chi connectivity index (χ4v) is 1.92. The van der Waals surface area contributed by atoms with Crippen LogP contribution in [0.25, 0.3) is 0 Å². The first-order valence-corrected chi connectivity index (χ1v) is 6.98. The lowest BCUT2D eigenvalue weighted by molar-refractivity contribution is 0.0597. The van der Waals surface area contributed by atoms with E-state index in [1.165, 1.54) is 14.2 Å². The molecule has 0 radical (unpaired) electrons. The van der Waals surface area contributed by atoms with Crippen molar-refractivity contribution in [3.8, 4) is 11.5 Å². The van der Waals surface area contributed by atoms with Crippen LogP contribution in [0, 0.1) is 0 Å². The molecule has 0 atom stereocenters. The zero-order valence-corrected chi connectivity index (χ0v) is 13.0. The van der Waals surface area contributed by atoms with Crippen LogP contribution in [0.2, 0.25) is 0 Å². The molecule has 0 saturated heterocycles. The molecule has 0 aromatic heterocycles. The van der Waals surface area contributed by atoms with Crippen LogP contribution in [0.4, 0.5) is 0 Å². The molecule has 0 aliphatic carbocycles. The van der Waals surface area contributed by atoms with Gasteiger partial charge in [-0.15, -0.1) is 0 Å². The number of carbonyl (C=O) groups is 1. The Balaban J connectivity index is 3.19. The van der Waals surface area contributed by atoms with Crippen LogP contribution < -0.4 is 9.47 Å². The first-order chi connectivity index (χ1) is 9.54. The molecular weight excluding hydrogens is 256 g/mol. The molecule has 1 rings (SSSR count). The highest BCUT2D eigenvalue weighted by atomic mass is 16.5. The van der Waals surface area contributed by atoms with E-state index >= 15 is 0 Å². The van der Waals surface area contributed by atoms with Gasteiger partial charge in [0.25, 0.3) is 0 Å². The second-order valence-corrected chi connectivity index (χ2v) is 4.94. The van der Waals surface area contributed by atoms with Gasteiger partial charge in [0.1, 0.15) is 17.1 Å². The summed E-state index contributed by atoms with van der Waals surface area (Å²) in [5.41, 5.74) is 1.42. The maximum atomic E-state index is 11.8. The van der Waals surface area contributed by atoms with Gasteiger partial charge in [-0.25, -0.2) is 4.79 Å². The van der Waals surface area contributed by atoms with Crippen LogP contribution >= 0.6 is 0 Å².